The van der Waals surface area contributed by atoms with E-state index in [0.717, 1.165) is 46.9 Å². The molecule has 3 aromatic rings. The molecule has 1 saturated carbocycles. The molecule has 2 N–H and O–H groups in total. The Hall–Kier alpha value is -3.21. The number of nitrogens with zero attached hydrogens (tertiary/aromatic N) is 3. The summed E-state index contributed by atoms with van der Waals surface area (Å²) in [6.07, 6.45) is 10.4. The lowest BCUT2D eigenvalue weighted by Gasteiger charge is -2.16. The van der Waals surface area contributed by atoms with Crippen molar-refractivity contribution in [3.05, 3.63) is 81.0 Å². The predicted octanol–water partition coefficient (Wildman–Crippen LogP) is 4.72. The molecule has 1 fully saturated rings. The Morgan fingerprint density at radius 3 is 2.55 bits per heavy atom. The maximum Gasteiger partial charge on any atom is 0.261 e. The molecule has 1 aliphatic rings. The molecule has 0 aliphatic heterocycles. The molecule has 5 nitrogen and oxygen atoms in total. The van der Waals surface area contributed by atoms with Crippen LogP contribution in [0.2, 0.25) is 0 Å². The number of aryl methyl sites for hydroxylation is 1. The summed E-state index contributed by atoms with van der Waals surface area (Å²) in [5.41, 5.74) is 13.2. The van der Waals surface area contributed by atoms with Crippen molar-refractivity contribution in [1.82, 2.24) is 9.55 Å². The highest BCUT2D eigenvalue weighted by atomic mass is 16.1. The number of fused-ring (bicyclic) bond motifs is 1. The minimum atomic E-state index is 0.0909. The lowest BCUT2D eigenvalue weighted by Crippen LogP contribution is -2.24. The second-order valence-electron chi connectivity index (χ2n) is 8.46. The molecule has 5 heteroatoms. The Bertz CT molecular complexity index is 1210. The van der Waals surface area contributed by atoms with E-state index in [0.29, 0.717) is 6.04 Å². The zero-order chi connectivity index (χ0) is 22.0. The Kier molecular flexibility index (Phi) is 6.03. The van der Waals surface area contributed by atoms with Gasteiger partial charge in [0.15, 0.2) is 0 Å². The molecule has 0 atom stereocenters. The number of aromatic nitrogens is 2. The number of allylic oxidation sites excluding steroid dienone is 1. The van der Waals surface area contributed by atoms with Gasteiger partial charge in [-0.2, -0.15) is 0 Å². The van der Waals surface area contributed by atoms with Crippen LogP contribution in [0.15, 0.2) is 52.6 Å². The molecule has 0 amide bonds. The topological polar surface area (TPSA) is 73.3 Å². The quantitative estimate of drug-likeness (QED) is 0.614. The highest BCUT2D eigenvalue weighted by Gasteiger charge is 2.20. The van der Waals surface area contributed by atoms with Crippen molar-refractivity contribution in [3.8, 4) is 0 Å². The van der Waals surface area contributed by atoms with Crippen molar-refractivity contribution in [2.75, 3.05) is 7.05 Å². The molecule has 2 aromatic carbocycles. The molecular formula is C26H30N4O. The second kappa shape index (κ2) is 8.88. The molecule has 0 spiro atoms. The summed E-state index contributed by atoms with van der Waals surface area (Å²) in [5.74, 6) is 0. The molecule has 1 aromatic heterocycles. The zero-order valence-corrected chi connectivity index (χ0v) is 18.6. The van der Waals surface area contributed by atoms with Crippen LogP contribution < -0.4 is 11.3 Å². The monoisotopic (exact) mass is 414 g/mol. The number of hydrogen-bond acceptors (Lipinski definition) is 4. The van der Waals surface area contributed by atoms with Gasteiger partial charge >= 0.3 is 0 Å². The molecule has 0 bridgehead atoms. The van der Waals surface area contributed by atoms with Gasteiger partial charge in [-0.1, -0.05) is 37.1 Å². The Labute approximate surface area is 183 Å². The van der Waals surface area contributed by atoms with Crippen LogP contribution in [0.1, 0.15) is 59.5 Å². The van der Waals surface area contributed by atoms with Crippen LogP contribution in [0.25, 0.3) is 16.5 Å². The summed E-state index contributed by atoms with van der Waals surface area (Å²) in [5, 5.41) is 0.733. The van der Waals surface area contributed by atoms with Crippen LogP contribution in [0.3, 0.4) is 0 Å². The van der Waals surface area contributed by atoms with Gasteiger partial charge in [0.05, 0.1) is 17.2 Å². The van der Waals surface area contributed by atoms with Crippen LogP contribution in [-0.2, 0) is 6.42 Å². The van der Waals surface area contributed by atoms with Crippen LogP contribution >= 0.6 is 0 Å². The maximum atomic E-state index is 13.3. The average molecular weight is 415 g/mol. The average Bonchev–Trinajstić information content (AvgIpc) is 3.31. The van der Waals surface area contributed by atoms with Crippen LogP contribution in [0.4, 0.5) is 0 Å². The molecule has 0 saturated heterocycles. The van der Waals surface area contributed by atoms with Gasteiger partial charge in [0.25, 0.3) is 5.56 Å². The standard InChI is InChI=1S/C26H30N4O/c1-17-18(2)25-24(26(31)30(16-29-25)23-6-4-5-7-23)13-21(17)12-19-8-10-20(11-9-19)22(14-27)15-28-3/h8-11,13-16,23H,4-7,12,27H2,1-3H3. The predicted molar refractivity (Wildman–Crippen MR) is 129 cm³/mol. The van der Waals surface area contributed by atoms with Crippen molar-refractivity contribution in [2.45, 2.75) is 52.0 Å². The third-order valence-electron chi connectivity index (χ3n) is 6.60. The number of rotatable bonds is 5. The summed E-state index contributed by atoms with van der Waals surface area (Å²) < 4.78 is 1.86. The number of hydrogen-bond donors (Lipinski definition) is 1. The first-order chi connectivity index (χ1) is 15.0. The molecule has 1 aliphatic carbocycles. The summed E-state index contributed by atoms with van der Waals surface area (Å²) >= 11 is 0. The Morgan fingerprint density at radius 2 is 1.90 bits per heavy atom. The van der Waals surface area contributed by atoms with Gasteiger partial charge in [-0.3, -0.25) is 14.4 Å². The fraction of sp³-hybridized carbons (Fsp3) is 0.346. The number of aliphatic imine (C=N–C) groups is 1. The fourth-order valence-corrected chi connectivity index (χ4v) is 4.63. The molecule has 4 rings (SSSR count). The van der Waals surface area contributed by atoms with E-state index in [-0.39, 0.29) is 5.56 Å². The molecule has 0 radical (unpaired) electrons. The minimum Gasteiger partial charge on any atom is -0.404 e. The molecule has 160 valence electrons. The fourth-order valence-electron chi connectivity index (χ4n) is 4.63. The van der Waals surface area contributed by atoms with Gasteiger partial charge in [0.1, 0.15) is 0 Å². The third-order valence-corrected chi connectivity index (χ3v) is 6.60. The van der Waals surface area contributed by atoms with Gasteiger partial charge < -0.3 is 5.73 Å². The normalized spacial score (nSPS) is 15.4. The molecule has 1 heterocycles. The lowest BCUT2D eigenvalue weighted by molar-refractivity contribution is 0.499. The minimum absolute atomic E-state index is 0.0909. The van der Waals surface area contributed by atoms with Crippen LogP contribution in [0, 0.1) is 13.8 Å². The van der Waals surface area contributed by atoms with Gasteiger partial charge in [-0.05, 0) is 67.0 Å². The Balaban J connectivity index is 1.71. The SMILES string of the molecule is CN=CC(=CN)c1ccc(Cc2cc3c(=O)n(C4CCCC4)cnc3c(C)c2C)cc1. The first kappa shape index (κ1) is 21.0. The summed E-state index contributed by atoms with van der Waals surface area (Å²) in [4.78, 5) is 22.0. The molecule has 0 unspecified atom stereocenters. The third kappa shape index (κ3) is 4.05. The second-order valence-corrected chi connectivity index (χ2v) is 8.46. The first-order valence-electron chi connectivity index (χ1n) is 11.0. The van der Waals surface area contributed by atoms with Crippen LogP contribution in [0.5, 0.6) is 0 Å². The van der Waals surface area contributed by atoms with Crippen molar-refractivity contribution >= 4 is 22.7 Å². The van der Waals surface area contributed by atoms with Gasteiger partial charge in [0, 0.05) is 31.1 Å². The highest BCUT2D eigenvalue weighted by molar-refractivity contribution is 6.09. The van der Waals surface area contributed by atoms with Crippen molar-refractivity contribution < 1.29 is 0 Å². The Morgan fingerprint density at radius 1 is 1.19 bits per heavy atom. The van der Waals surface area contributed by atoms with Crippen molar-refractivity contribution in [2.24, 2.45) is 10.7 Å². The van der Waals surface area contributed by atoms with E-state index in [1.165, 1.54) is 29.5 Å². The summed E-state index contributed by atoms with van der Waals surface area (Å²) in [6.45, 7) is 4.19. The van der Waals surface area contributed by atoms with E-state index in [2.05, 4.69) is 54.2 Å². The molecular weight excluding hydrogens is 384 g/mol. The zero-order valence-electron chi connectivity index (χ0n) is 18.6. The largest absolute Gasteiger partial charge is 0.404 e. The van der Waals surface area contributed by atoms with Crippen molar-refractivity contribution in [1.29, 1.82) is 0 Å². The van der Waals surface area contributed by atoms with Gasteiger partial charge in [-0.15, -0.1) is 0 Å². The van der Waals surface area contributed by atoms with Gasteiger partial charge in [-0.25, -0.2) is 4.98 Å². The van der Waals surface area contributed by atoms with Gasteiger partial charge in [0.2, 0.25) is 0 Å². The highest BCUT2D eigenvalue weighted by Crippen LogP contribution is 2.29. The van der Waals surface area contributed by atoms with E-state index < -0.39 is 0 Å². The van der Waals surface area contributed by atoms with Crippen molar-refractivity contribution in [3.63, 3.8) is 0 Å². The van der Waals surface area contributed by atoms with Crippen LogP contribution in [-0.4, -0.2) is 22.8 Å². The summed E-state index contributed by atoms with van der Waals surface area (Å²) in [6, 6.07) is 10.7. The van der Waals surface area contributed by atoms with E-state index in [4.69, 9.17) is 5.73 Å². The van der Waals surface area contributed by atoms with E-state index in [1.54, 1.807) is 25.8 Å². The smallest absolute Gasteiger partial charge is 0.261 e. The maximum absolute atomic E-state index is 13.3. The number of benzene rings is 2. The molecule has 31 heavy (non-hydrogen) atoms. The summed E-state index contributed by atoms with van der Waals surface area (Å²) in [7, 11) is 1.73. The first-order valence-corrected chi connectivity index (χ1v) is 11.0. The van der Waals surface area contributed by atoms with E-state index in [1.807, 2.05) is 4.57 Å². The number of nitrogens with two attached hydrogens (primary N) is 1. The lowest BCUT2D eigenvalue weighted by atomic mass is 9.94. The van der Waals surface area contributed by atoms with E-state index >= 15 is 0 Å². The van der Waals surface area contributed by atoms with E-state index in [9.17, 15) is 4.79 Å².